The molecule has 2 atom stereocenters. The molecule has 0 saturated carbocycles. The van der Waals surface area contributed by atoms with Crippen LogP contribution >= 0.6 is 25.7 Å². The Labute approximate surface area is 302 Å². The lowest BCUT2D eigenvalue weighted by Gasteiger charge is -2.35. The van der Waals surface area contributed by atoms with Gasteiger partial charge in [0.2, 0.25) is 11.8 Å². The second-order valence-corrected chi connectivity index (χ2v) is 13.2. The third kappa shape index (κ3) is 18.5. The van der Waals surface area contributed by atoms with E-state index in [0.717, 1.165) is 23.7 Å². The molecule has 0 saturated heterocycles. The first-order valence-electron chi connectivity index (χ1n) is 16.0. The molecule has 1 heterocycles. The SMILES string of the molecule is CC(C)C.CC(C)CN(CC(O)C(Cc1ccccc1)NC(=O)CNC(=O)CNC(=O)c1cccnc1)N(C)SOc1ccc(N)cc1.S. The summed E-state index contributed by atoms with van der Waals surface area (Å²) < 4.78 is 7.63. The van der Waals surface area contributed by atoms with Gasteiger partial charge < -0.3 is 31.0 Å². The Morgan fingerprint density at radius 3 is 2.12 bits per heavy atom. The van der Waals surface area contributed by atoms with Crippen LogP contribution in [0.5, 0.6) is 5.75 Å². The number of nitrogens with two attached hydrogens (primary N) is 1. The molecule has 3 rings (SSSR count). The quantitative estimate of drug-likeness (QED) is 0.0602. The van der Waals surface area contributed by atoms with Gasteiger partial charge in [0.1, 0.15) is 5.75 Å². The molecular weight excluding hydrogens is 663 g/mol. The molecule has 0 fully saturated rings. The van der Waals surface area contributed by atoms with Crippen LogP contribution in [0.3, 0.4) is 0 Å². The van der Waals surface area contributed by atoms with E-state index in [9.17, 15) is 19.5 Å². The number of aromatic nitrogens is 1. The molecule has 270 valence electrons. The first-order valence-corrected chi connectivity index (χ1v) is 16.7. The van der Waals surface area contributed by atoms with Gasteiger partial charge in [-0.1, -0.05) is 65.0 Å². The zero-order valence-electron chi connectivity index (χ0n) is 29.3. The van der Waals surface area contributed by atoms with Gasteiger partial charge in [0.05, 0.1) is 30.8 Å². The third-order valence-electron chi connectivity index (χ3n) is 6.38. The van der Waals surface area contributed by atoms with E-state index in [-0.39, 0.29) is 39.0 Å². The van der Waals surface area contributed by atoms with Crippen molar-refractivity contribution in [3.8, 4) is 5.75 Å². The van der Waals surface area contributed by atoms with Crippen LogP contribution in [0.1, 0.15) is 50.5 Å². The summed E-state index contributed by atoms with van der Waals surface area (Å²) in [4.78, 5) is 41.2. The maximum atomic E-state index is 12.9. The van der Waals surface area contributed by atoms with E-state index < -0.39 is 29.9 Å². The molecule has 0 aliphatic rings. The highest BCUT2D eigenvalue weighted by atomic mass is 32.2. The number of anilines is 1. The van der Waals surface area contributed by atoms with E-state index in [4.69, 9.17) is 9.92 Å². The van der Waals surface area contributed by atoms with E-state index in [1.165, 1.54) is 6.20 Å². The Morgan fingerprint density at radius 2 is 1.53 bits per heavy atom. The van der Waals surface area contributed by atoms with Crippen LogP contribution in [0.15, 0.2) is 79.1 Å². The van der Waals surface area contributed by atoms with Crippen LogP contribution in [0, 0.1) is 11.8 Å². The van der Waals surface area contributed by atoms with Gasteiger partial charge in [-0.05, 0) is 60.2 Å². The van der Waals surface area contributed by atoms with Gasteiger partial charge in [-0.15, -0.1) is 0 Å². The molecule has 3 amide bonds. The Morgan fingerprint density at radius 1 is 0.898 bits per heavy atom. The smallest absolute Gasteiger partial charge is 0.253 e. The lowest BCUT2D eigenvalue weighted by atomic mass is 10.0. The lowest BCUT2D eigenvalue weighted by Crippen LogP contribution is -2.53. The number of hydrogen-bond acceptors (Lipinski definition) is 10. The van der Waals surface area contributed by atoms with Crippen molar-refractivity contribution in [3.05, 3.63) is 90.3 Å². The molecule has 2 aromatic carbocycles. The molecule has 14 heteroatoms. The monoisotopic (exact) mass is 715 g/mol. The first kappa shape index (κ1) is 43.2. The number of nitrogen functional groups attached to an aromatic ring is 1. The summed E-state index contributed by atoms with van der Waals surface area (Å²) in [5.74, 6) is 0.297. The molecule has 0 bridgehead atoms. The summed E-state index contributed by atoms with van der Waals surface area (Å²) in [7, 11) is 1.84. The van der Waals surface area contributed by atoms with Crippen molar-refractivity contribution >= 4 is 49.1 Å². The number of nitrogens with one attached hydrogen (secondary N) is 3. The topological polar surface area (TPSA) is 162 Å². The maximum absolute atomic E-state index is 12.9. The van der Waals surface area contributed by atoms with Crippen LogP contribution in [-0.2, 0) is 16.0 Å². The molecule has 12 nitrogen and oxygen atoms in total. The number of rotatable bonds is 17. The van der Waals surface area contributed by atoms with Crippen LogP contribution in [0.4, 0.5) is 5.69 Å². The summed E-state index contributed by atoms with van der Waals surface area (Å²) in [5, 5.41) is 21.2. The van der Waals surface area contributed by atoms with Gasteiger partial charge >= 0.3 is 0 Å². The molecule has 0 spiro atoms. The first-order chi connectivity index (χ1) is 22.8. The minimum Gasteiger partial charge on any atom is -0.409 e. The van der Waals surface area contributed by atoms with Gasteiger partial charge in [-0.3, -0.25) is 19.4 Å². The van der Waals surface area contributed by atoms with Crippen molar-refractivity contribution in [2.45, 2.75) is 53.2 Å². The van der Waals surface area contributed by atoms with Gasteiger partial charge in [0.25, 0.3) is 5.91 Å². The van der Waals surface area contributed by atoms with Gasteiger partial charge in [-0.2, -0.15) is 17.9 Å². The van der Waals surface area contributed by atoms with Crippen LogP contribution in [0.25, 0.3) is 0 Å². The average molecular weight is 716 g/mol. The van der Waals surface area contributed by atoms with Crippen LogP contribution in [-0.4, -0.2) is 82.6 Å². The number of pyridine rings is 1. The molecule has 3 aromatic rings. The molecule has 6 N–H and O–H groups in total. The Balaban J connectivity index is 0.00000227. The summed E-state index contributed by atoms with van der Waals surface area (Å²) in [6.45, 7) is 10.9. The number of nitrogens with zero attached hydrogens (tertiary/aromatic N) is 3. The van der Waals surface area contributed by atoms with Gasteiger partial charge in [0.15, 0.2) is 12.2 Å². The second-order valence-electron chi connectivity index (χ2n) is 12.3. The molecule has 0 aliphatic heterocycles. The van der Waals surface area contributed by atoms with E-state index >= 15 is 0 Å². The van der Waals surface area contributed by atoms with E-state index in [2.05, 4.69) is 55.6 Å². The summed E-state index contributed by atoms with van der Waals surface area (Å²) >= 11 is 1.11. The van der Waals surface area contributed by atoms with Gasteiger partial charge in [-0.25, -0.2) is 5.01 Å². The van der Waals surface area contributed by atoms with E-state index in [0.29, 0.717) is 30.0 Å². The fourth-order valence-corrected chi connectivity index (χ4v) is 4.68. The summed E-state index contributed by atoms with van der Waals surface area (Å²) in [5.41, 5.74) is 7.65. The zero-order valence-corrected chi connectivity index (χ0v) is 31.1. The average Bonchev–Trinajstić information content (AvgIpc) is 3.05. The summed E-state index contributed by atoms with van der Waals surface area (Å²) in [6, 6.07) is 19.1. The molecule has 0 radical (unpaired) electrons. The number of aliphatic hydroxyl groups excluding tert-OH is 1. The molecule has 0 aliphatic carbocycles. The third-order valence-corrected chi connectivity index (χ3v) is 7.10. The van der Waals surface area contributed by atoms with Crippen molar-refractivity contribution in [3.63, 3.8) is 0 Å². The highest BCUT2D eigenvalue weighted by Gasteiger charge is 2.27. The number of benzene rings is 2. The van der Waals surface area contributed by atoms with Gasteiger partial charge in [0, 0.05) is 38.2 Å². The van der Waals surface area contributed by atoms with Crippen molar-refractivity contribution in [1.82, 2.24) is 30.4 Å². The zero-order chi connectivity index (χ0) is 35.5. The van der Waals surface area contributed by atoms with Crippen molar-refractivity contribution < 1.29 is 23.7 Å². The summed E-state index contributed by atoms with van der Waals surface area (Å²) in [6.07, 6.45) is 2.34. The lowest BCUT2D eigenvalue weighted by molar-refractivity contribution is -0.126. The number of carbonyl (C=O) groups is 3. The number of hydrogen-bond donors (Lipinski definition) is 5. The predicted octanol–water partition coefficient (Wildman–Crippen LogP) is 3.82. The minimum atomic E-state index is -0.966. The molecule has 2 unspecified atom stereocenters. The second kappa shape index (κ2) is 23.5. The maximum Gasteiger partial charge on any atom is 0.253 e. The fraction of sp³-hybridized carbons (Fsp3) is 0.429. The highest BCUT2D eigenvalue weighted by molar-refractivity contribution is 7.92. The van der Waals surface area contributed by atoms with Crippen molar-refractivity contribution in [1.29, 1.82) is 0 Å². The number of aliphatic hydroxyl groups is 1. The number of amides is 3. The standard InChI is InChI=1S/C31H41N7O5S.C4H10.H2S/c1-22(2)20-38(37(3)44-43-26-13-11-25(32)12-14-26)21-28(39)27(16-23-8-5-4-6-9-23)36-30(41)19-34-29(40)18-35-31(42)24-10-7-15-33-17-24;1-4(2)3;/h4-15,17,22,27-28,39H,16,18-21,32H2,1-3H3,(H,34,40)(H,35,42)(H,36,41);4H,1-3H3;1H2. The van der Waals surface area contributed by atoms with Crippen LogP contribution in [0.2, 0.25) is 0 Å². The van der Waals surface area contributed by atoms with E-state index in [1.54, 1.807) is 47.0 Å². The minimum absolute atomic E-state index is 0. The number of hydrazine groups is 1. The van der Waals surface area contributed by atoms with Crippen molar-refractivity contribution in [2.75, 3.05) is 39.0 Å². The van der Waals surface area contributed by atoms with Crippen LogP contribution < -0.4 is 25.9 Å². The Bertz CT molecular complexity index is 1370. The molecule has 1 aromatic heterocycles. The molecule has 49 heavy (non-hydrogen) atoms. The van der Waals surface area contributed by atoms with E-state index in [1.807, 2.05) is 42.4 Å². The fourth-order valence-electron chi connectivity index (χ4n) is 4.15. The Kier molecular flexibility index (Phi) is 20.7. The van der Waals surface area contributed by atoms with Crippen molar-refractivity contribution in [2.24, 2.45) is 11.8 Å². The Hall–Kier alpha value is -3.82. The largest absolute Gasteiger partial charge is 0.409 e. The highest BCUT2D eigenvalue weighted by Crippen LogP contribution is 2.22. The normalized spacial score (nSPS) is 12.0. The molecular formula is C35H53N7O5S2. The number of carbonyl (C=O) groups excluding carboxylic acids is 3. The predicted molar refractivity (Wildman–Crippen MR) is 202 cm³/mol.